The van der Waals surface area contributed by atoms with Gasteiger partial charge in [0, 0.05) is 10.7 Å². The normalized spacial score (nSPS) is 16.9. The van der Waals surface area contributed by atoms with Gasteiger partial charge in [-0.15, -0.1) is 0 Å². The maximum atomic E-state index is 12.9. The van der Waals surface area contributed by atoms with Gasteiger partial charge in [-0.3, -0.25) is 0 Å². The van der Waals surface area contributed by atoms with E-state index in [1.807, 2.05) is 0 Å². The molecule has 0 aliphatic heterocycles. The highest BCUT2D eigenvalue weighted by molar-refractivity contribution is 8.13. The van der Waals surface area contributed by atoms with Gasteiger partial charge in [-0.25, -0.2) is 12.8 Å². The van der Waals surface area contributed by atoms with Crippen molar-refractivity contribution in [2.75, 3.05) is 0 Å². The zero-order chi connectivity index (χ0) is 11.8. The van der Waals surface area contributed by atoms with Crippen LogP contribution in [0.4, 0.5) is 4.39 Å². The Morgan fingerprint density at radius 1 is 1.38 bits per heavy atom. The van der Waals surface area contributed by atoms with Crippen LogP contribution < -0.4 is 4.74 Å². The van der Waals surface area contributed by atoms with Gasteiger partial charge in [0.15, 0.2) is 0 Å². The Morgan fingerprint density at radius 2 is 2.06 bits per heavy atom. The lowest BCUT2D eigenvalue weighted by molar-refractivity contribution is 0.116. The van der Waals surface area contributed by atoms with Crippen LogP contribution in [0, 0.1) is 5.82 Å². The summed E-state index contributed by atoms with van der Waals surface area (Å²) in [5.41, 5.74) is 0. The lowest BCUT2D eigenvalue weighted by atomic mass is 9.96. The first-order valence-electron chi connectivity index (χ1n) is 4.88. The summed E-state index contributed by atoms with van der Waals surface area (Å²) in [4.78, 5) is -0.305. The summed E-state index contributed by atoms with van der Waals surface area (Å²) in [6.45, 7) is 0. The van der Waals surface area contributed by atoms with Crippen LogP contribution in [-0.4, -0.2) is 14.5 Å². The molecule has 0 radical (unpaired) electrons. The third-order valence-corrected chi connectivity index (χ3v) is 3.86. The summed E-state index contributed by atoms with van der Waals surface area (Å²) in [7, 11) is 1.23. The molecule has 2 rings (SSSR count). The average Bonchev–Trinajstić information content (AvgIpc) is 2.11. The van der Waals surface area contributed by atoms with E-state index < -0.39 is 14.9 Å². The van der Waals surface area contributed by atoms with E-state index in [1.54, 1.807) is 0 Å². The molecule has 1 aliphatic rings. The highest BCUT2D eigenvalue weighted by atomic mass is 35.7. The Kier molecular flexibility index (Phi) is 3.08. The first-order chi connectivity index (χ1) is 7.47. The van der Waals surface area contributed by atoms with Crippen molar-refractivity contribution in [2.24, 2.45) is 0 Å². The summed E-state index contributed by atoms with van der Waals surface area (Å²) in [5.74, 6) is -0.527. The first kappa shape index (κ1) is 11.7. The van der Waals surface area contributed by atoms with Crippen LogP contribution in [0.25, 0.3) is 0 Å². The third-order valence-electron chi connectivity index (χ3n) is 2.51. The first-order valence-corrected chi connectivity index (χ1v) is 7.18. The molecule has 3 nitrogen and oxygen atoms in total. The maximum absolute atomic E-state index is 12.9. The molecule has 0 heterocycles. The van der Waals surface area contributed by atoms with Crippen molar-refractivity contribution < 1.29 is 17.5 Å². The number of benzene rings is 1. The summed E-state index contributed by atoms with van der Waals surface area (Å²) in [5, 5.41) is 0. The lowest BCUT2D eigenvalue weighted by Gasteiger charge is -2.27. The van der Waals surface area contributed by atoms with Gasteiger partial charge in [0.2, 0.25) is 0 Å². The molecule has 1 saturated carbocycles. The number of ether oxygens (including phenoxy) is 1. The minimum Gasteiger partial charge on any atom is -0.489 e. The molecule has 0 saturated heterocycles. The quantitative estimate of drug-likeness (QED) is 0.789. The van der Waals surface area contributed by atoms with Crippen LogP contribution in [0.1, 0.15) is 19.3 Å². The molecule has 1 fully saturated rings. The number of hydrogen-bond donors (Lipinski definition) is 0. The predicted octanol–water partition coefficient (Wildman–Crippen LogP) is 2.68. The monoisotopic (exact) mass is 264 g/mol. The summed E-state index contributed by atoms with van der Waals surface area (Å²) < 4.78 is 40.8. The minimum atomic E-state index is -3.98. The van der Waals surface area contributed by atoms with Crippen molar-refractivity contribution in [2.45, 2.75) is 30.3 Å². The average molecular weight is 265 g/mol. The van der Waals surface area contributed by atoms with Gasteiger partial charge in [0.1, 0.15) is 16.5 Å². The second-order valence-corrected chi connectivity index (χ2v) is 6.23. The smallest absolute Gasteiger partial charge is 0.265 e. The lowest BCUT2D eigenvalue weighted by Crippen LogP contribution is -2.25. The van der Waals surface area contributed by atoms with Crippen LogP contribution in [0.15, 0.2) is 23.1 Å². The van der Waals surface area contributed by atoms with E-state index in [4.69, 9.17) is 15.4 Å². The minimum absolute atomic E-state index is 0.0163. The van der Waals surface area contributed by atoms with E-state index in [0.29, 0.717) is 0 Å². The van der Waals surface area contributed by atoms with Crippen molar-refractivity contribution in [3.05, 3.63) is 24.0 Å². The molecule has 0 atom stereocenters. The Hall–Kier alpha value is -0.810. The van der Waals surface area contributed by atoms with Gasteiger partial charge in [0.05, 0.1) is 6.10 Å². The van der Waals surface area contributed by atoms with Crippen LogP contribution in [0.5, 0.6) is 5.75 Å². The van der Waals surface area contributed by atoms with Crippen LogP contribution >= 0.6 is 10.7 Å². The second kappa shape index (κ2) is 4.22. The molecule has 6 heteroatoms. The van der Waals surface area contributed by atoms with Crippen molar-refractivity contribution in [1.29, 1.82) is 0 Å². The van der Waals surface area contributed by atoms with Gasteiger partial charge in [0.25, 0.3) is 9.05 Å². The molecule has 1 aromatic rings. The molecule has 0 bridgehead atoms. The van der Waals surface area contributed by atoms with Crippen molar-refractivity contribution >= 4 is 19.7 Å². The van der Waals surface area contributed by atoms with E-state index in [-0.39, 0.29) is 16.7 Å². The summed E-state index contributed by atoms with van der Waals surface area (Å²) >= 11 is 0. The summed E-state index contributed by atoms with van der Waals surface area (Å²) in [6, 6.07) is 3.32. The van der Waals surface area contributed by atoms with E-state index >= 15 is 0 Å². The molecule has 16 heavy (non-hydrogen) atoms. The molecule has 0 spiro atoms. The van der Waals surface area contributed by atoms with Crippen molar-refractivity contribution in [3.8, 4) is 5.75 Å². The molecular formula is C10H10ClFO3S. The SMILES string of the molecule is O=S(=O)(Cl)c1cc(F)ccc1OC1CCC1. The molecule has 1 aliphatic carbocycles. The summed E-state index contributed by atoms with van der Waals surface area (Å²) in [6.07, 6.45) is 2.86. The molecule has 0 N–H and O–H groups in total. The Morgan fingerprint density at radius 3 is 2.56 bits per heavy atom. The molecule has 0 amide bonds. The van der Waals surface area contributed by atoms with Gasteiger partial charge >= 0.3 is 0 Å². The van der Waals surface area contributed by atoms with E-state index in [0.717, 1.165) is 31.4 Å². The van der Waals surface area contributed by atoms with Gasteiger partial charge in [-0.05, 0) is 37.5 Å². The van der Waals surface area contributed by atoms with Crippen LogP contribution in [0.3, 0.4) is 0 Å². The topological polar surface area (TPSA) is 43.4 Å². The highest BCUT2D eigenvalue weighted by Gasteiger charge is 2.24. The zero-order valence-electron chi connectivity index (χ0n) is 8.32. The predicted molar refractivity (Wildman–Crippen MR) is 57.7 cm³/mol. The van der Waals surface area contributed by atoms with Crippen LogP contribution in [-0.2, 0) is 9.05 Å². The molecule has 88 valence electrons. The maximum Gasteiger partial charge on any atom is 0.265 e. The standard InChI is InChI=1S/C10H10ClFO3S/c11-16(13,14)10-6-7(12)4-5-9(10)15-8-2-1-3-8/h4-6,8H,1-3H2. The number of rotatable bonds is 3. The Bertz CT molecular complexity index is 497. The third kappa shape index (κ3) is 2.47. The second-order valence-electron chi connectivity index (χ2n) is 3.70. The fraction of sp³-hybridized carbons (Fsp3) is 0.400. The van der Waals surface area contributed by atoms with E-state index in [2.05, 4.69) is 0 Å². The molecule has 1 aromatic carbocycles. The van der Waals surface area contributed by atoms with Gasteiger partial charge < -0.3 is 4.74 Å². The number of hydrogen-bond acceptors (Lipinski definition) is 3. The van der Waals surface area contributed by atoms with Gasteiger partial charge in [-0.1, -0.05) is 0 Å². The van der Waals surface area contributed by atoms with E-state index in [9.17, 15) is 12.8 Å². The van der Waals surface area contributed by atoms with Gasteiger partial charge in [-0.2, -0.15) is 0 Å². The zero-order valence-corrected chi connectivity index (χ0v) is 9.89. The van der Waals surface area contributed by atoms with E-state index in [1.165, 1.54) is 6.07 Å². The fourth-order valence-corrected chi connectivity index (χ4v) is 2.41. The number of halogens is 2. The molecule has 0 aromatic heterocycles. The largest absolute Gasteiger partial charge is 0.489 e. The fourth-order valence-electron chi connectivity index (χ4n) is 1.44. The van der Waals surface area contributed by atoms with Crippen molar-refractivity contribution in [1.82, 2.24) is 0 Å². The highest BCUT2D eigenvalue weighted by Crippen LogP contribution is 2.32. The van der Waals surface area contributed by atoms with Crippen molar-refractivity contribution in [3.63, 3.8) is 0 Å². The molecular weight excluding hydrogens is 255 g/mol. The Labute approximate surface area is 97.6 Å². The van der Waals surface area contributed by atoms with Crippen LogP contribution in [0.2, 0.25) is 0 Å². The molecule has 0 unspecified atom stereocenters. The Balaban J connectivity index is 2.35.